The van der Waals surface area contributed by atoms with E-state index in [1.807, 2.05) is 6.08 Å². The molecule has 2 heterocycles. The van der Waals surface area contributed by atoms with E-state index < -0.39 is 50.8 Å². The summed E-state index contributed by atoms with van der Waals surface area (Å²) in [5.74, 6) is -4.73. The van der Waals surface area contributed by atoms with Gasteiger partial charge in [-0.3, -0.25) is 29.0 Å². The molecule has 4 amide bonds. The topological polar surface area (TPSA) is 95.0 Å². The van der Waals surface area contributed by atoms with Crippen molar-refractivity contribution in [2.45, 2.75) is 54.8 Å². The molecule has 1 saturated carbocycles. The second-order valence-electron chi connectivity index (χ2n) is 10.7. The van der Waals surface area contributed by atoms with Crippen molar-refractivity contribution in [2.75, 3.05) is 7.05 Å². The minimum Gasteiger partial charge on any atom is -0.508 e. The van der Waals surface area contributed by atoms with Gasteiger partial charge in [0.15, 0.2) is 9.75 Å². The van der Waals surface area contributed by atoms with Crippen molar-refractivity contribution in [3.8, 4) is 5.75 Å². The number of para-hydroxylation sites is 1. The molecule has 2 aliphatic heterocycles. The van der Waals surface area contributed by atoms with Gasteiger partial charge in [0.25, 0.3) is 11.8 Å². The van der Waals surface area contributed by atoms with Gasteiger partial charge in [0.05, 0.1) is 11.8 Å². The summed E-state index contributed by atoms with van der Waals surface area (Å²) in [6, 6.07) is 6.48. The minimum absolute atomic E-state index is 0.0545. The van der Waals surface area contributed by atoms with Gasteiger partial charge in [-0.15, -0.1) is 23.2 Å². The Hall–Kier alpha value is -2.38. The van der Waals surface area contributed by atoms with Crippen LogP contribution in [0, 0.1) is 17.8 Å². The number of nitrogens with zero attached hydrogens (tertiary/aromatic N) is 2. The fraction of sp³-hybridized carbons (Fsp3) is 0.520. The number of likely N-dealkylation sites (tertiary alicyclic amines) is 2. The van der Waals surface area contributed by atoms with E-state index >= 15 is 0 Å². The number of amides is 4. The zero-order valence-electron chi connectivity index (χ0n) is 19.3. The standard InChI is InChI=1S/C25H26Cl2N2O5/c1-23(2,3)29-19(31)14-10-9-12-15(17(14)20(29)32)11-24(26)21(33)28(4)22(34)25(24,27)18(12)13-7-5-6-8-16(13)30/h5-9,14-15,17-18,30H,10-11H2,1-4H3/t14-,15+,17-,18+,24+,25-/m0/s1. The fourth-order valence-corrected chi connectivity index (χ4v) is 7.49. The number of phenolic OH excluding ortho intramolecular Hbond substituents is 1. The summed E-state index contributed by atoms with van der Waals surface area (Å²) >= 11 is 14.1. The first-order chi connectivity index (χ1) is 15.8. The third kappa shape index (κ3) is 2.65. The van der Waals surface area contributed by atoms with Gasteiger partial charge < -0.3 is 5.11 Å². The number of hydrogen-bond acceptors (Lipinski definition) is 5. The van der Waals surface area contributed by atoms with Crippen molar-refractivity contribution < 1.29 is 24.3 Å². The third-order valence-electron chi connectivity index (χ3n) is 7.93. The smallest absolute Gasteiger partial charge is 0.253 e. The molecule has 1 N–H and O–H groups in total. The third-order valence-corrected chi connectivity index (χ3v) is 9.35. The predicted molar refractivity (Wildman–Crippen MR) is 125 cm³/mol. The van der Waals surface area contributed by atoms with Crippen LogP contribution in [-0.2, 0) is 19.2 Å². The van der Waals surface area contributed by atoms with E-state index in [1.54, 1.807) is 39.0 Å². The number of fused-ring (bicyclic) bond motifs is 4. The molecule has 6 atom stereocenters. The highest BCUT2D eigenvalue weighted by Crippen LogP contribution is 2.66. The van der Waals surface area contributed by atoms with Crippen LogP contribution in [0.2, 0.25) is 0 Å². The molecule has 3 fully saturated rings. The van der Waals surface area contributed by atoms with E-state index in [4.69, 9.17) is 23.2 Å². The first kappa shape index (κ1) is 23.4. The number of hydrogen-bond donors (Lipinski definition) is 1. The Labute approximate surface area is 207 Å². The fourth-order valence-electron chi connectivity index (χ4n) is 6.48. The van der Waals surface area contributed by atoms with E-state index in [2.05, 4.69) is 0 Å². The van der Waals surface area contributed by atoms with Gasteiger partial charge in [0.1, 0.15) is 5.75 Å². The second kappa shape index (κ2) is 7.08. The number of aromatic hydroxyl groups is 1. The van der Waals surface area contributed by atoms with Crippen LogP contribution >= 0.6 is 23.2 Å². The van der Waals surface area contributed by atoms with Crippen molar-refractivity contribution in [1.29, 1.82) is 0 Å². The lowest BCUT2D eigenvalue weighted by Crippen LogP contribution is -2.60. The number of rotatable bonds is 1. The molecule has 0 aromatic heterocycles. The molecular formula is C25H26Cl2N2O5. The van der Waals surface area contributed by atoms with Gasteiger partial charge in [0.2, 0.25) is 11.8 Å². The van der Waals surface area contributed by atoms with E-state index in [-0.39, 0.29) is 24.0 Å². The van der Waals surface area contributed by atoms with Gasteiger partial charge in [-0.2, -0.15) is 0 Å². The lowest BCUT2D eigenvalue weighted by molar-refractivity contribution is -0.146. The Morgan fingerprint density at radius 1 is 1.00 bits per heavy atom. The Kier molecular flexibility index (Phi) is 4.86. The second-order valence-corrected chi connectivity index (χ2v) is 12.0. The van der Waals surface area contributed by atoms with Crippen molar-refractivity contribution in [1.82, 2.24) is 9.80 Å². The predicted octanol–water partition coefficient (Wildman–Crippen LogP) is 3.18. The molecule has 0 radical (unpaired) electrons. The largest absolute Gasteiger partial charge is 0.508 e. The molecule has 2 saturated heterocycles. The number of imide groups is 2. The number of alkyl halides is 2. The number of benzene rings is 1. The van der Waals surface area contributed by atoms with Crippen LogP contribution in [0.25, 0.3) is 0 Å². The maximum absolute atomic E-state index is 13.6. The SMILES string of the molecule is CN1C(=O)[C@]2(Cl)C[C@@H]3C(=CC[C@@H]4C(=O)N(C(C)(C)C)C(=O)[C@@H]43)[C@H](c3ccccc3O)[C@]2(Cl)C1=O. The maximum Gasteiger partial charge on any atom is 0.253 e. The van der Waals surface area contributed by atoms with Crippen LogP contribution in [0.4, 0.5) is 0 Å². The minimum atomic E-state index is -1.89. The van der Waals surface area contributed by atoms with E-state index in [0.29, 0.717) is 17.6 Å². The lowest BCUT2D eigenvalue weighted by Gasteiger charge is -2.50. The molecular weight excluding hydrogens is 479 g/mol. The summed E-state index contributed by atoms with van der Waals surface area (Å²) in [7, 11) is 1.34. The lowest BCUT2D eigenvalue weighted by atomic mass is 9.56. The summed E-state index contributed by atoms with van der Waals surface area (Å²) in [6.45, 7) is 5.42. The van der Waals surface area contributed by atoms with Crippen LogP contribution in [-0.4, -0.2) is 60.9 Å². The maximum atomic E-state index is 13.6. The highest BCUT2D eigenvalue weighted by molar-refractivity contribution is 6.53. The summed E-state index contributed by atoms with van der Waals surface area (Å²) in [5, 5.41) is 10.8. The van der Waals surface area contributed by atoms with Gasteiger partial charge in [0, 0.05) is 24.1 Å². The van der Waals surface area contributed by atoms with E-state index in [1.165, 1.54) is 18.0 Å². The summed E-state index contributed by atoms with van der Waals surface area (Å²) in [4.78, 5) is 52.2. The molecule has 0 spiro atoms. The zero-order chi connectivity index (χ0) is 25.0. The quantitative estimate of drug-likeness (QED) is 0.360. The molecule has 1 aromatic rings. The highest BCUT2D eigenvalue weighted by Gasteiger charge is 2.76. The van der Waals surface area contributed by atoms with Crippen molar-refractivity contribution in [3.63, 3.8) is 0 Å². The number of halogens is 2. The normalized spacial score (nSPS) is 37.5. The molecule has 1 aromatic carbocycles. The van der Waals surface area contributed by atoms with Crippen LogP contribution in [0.1, 0.15) is 45.1 Å². The monoisotopic (exact) mass is 504 g/mol. The molecule has 0 bridgehead atoms. The number of carbonyl (C=O) groups excluding carboxylic acids is 4. The first-order valence-electron chi connectivity index (χ1n) is 11.3. The van der Waals surface area contributed by atoms with Gasteiger partial charge in [-0.25, -0.2) is 0 Å². The Balaban J connectivity index is 1.73. The first-order valence-corrected chi connectivity index (χ1v) is 12.1. The Morgan fingerprint density at radius 3 is 2.26 bits per heavy atom. The van der Waals surface area contributed by atoms with Crippen LogP contribution < -0.4 is 0 Å². The molecule has 180 valence electrons. The van der Waals surface area contributed by atoms with Gasteiger partial charge >= 0.3 is 0 Å². The van der Waals surface area contributed by atoms with E-state index in [0.717, 1.165) is 4.90 Å². The van der Waals surface area contributed by atoms with Crippen molar-refractivity contribution in [3.05, 3.63) is 41.5 Å². The number of carbonyl (C=O) groups is 4. The molecule has 7 nitrogen and oxygen atoms in total. The molecule has 0 unspecified atom stereocenters. The summed E-state index contributed by atoms with van der Waals surface area (Å²) in [5.41, 5.74) is 0.325. The Morgan fingerprint density at radius 2 is 1.65 bits per heavy atom. The van der Waals surface area contributed by atoms with Crippen LogP contribution in [0.3, 0.4) is 0 Å². The molecule has 5 rings (SSSR count). The number of phenols is 1. The highest BCUT2D eigenvalue weighted by atomic mass is 35.5. The van der Waals surface area contributed by atoms with E-state index in [9.17, 15) is 24.3 Å². The number of allylic oxidation sites excluding steroid dienone is 2. The average Bonchev–Trinajstić information content (AvgIpc) is 3.10. The summed E-state index contributed by atoms with van der Waals surface area (Å²) in [6.07, 6.45) is 2.11. The molecule has 2 aliphatic carbocycles. The summed E-state index contributed by atoms with van der Waals surface area (Å²) < 4.78 is 0. The average molecular weight is 505 g/mol. The Bertz CT molecular complexity index is 1190. The zero-order valence-corrected chi connectivity index (χ0v) is 20.9. The molecule has 4 aliphatic rings. The molecule has 9 heteroatoms. The van der Waals surface area contributed by atoms with Crippen LogP contribution in [0.15, 0.2) is 35.9 Å². The van der Waals surface area contributed by atoms with Gasteiger partial charge in [-0.05, 0) is 45.6 Å². The molecule has 34 heavy (non-hydrogen) atoms. The van der Waals surface area contributed by atoms with Crippen molar-refractivity contribution >= 4 is 46.8 Å². The van der Waals surface area contributed by atoms with Gasteiger partial charge in [-0.1, -0.05) is 29.8 Å². The van der Waals surface area contributed by atoms with Crippen molar-refractivity contribution in [2.24, 2.45) is 17.8 Å². The van der Waals surface area contributed by atoms with Crippen LogP contribution in [0.5, 0.6) is 5.75 Å².